The van der Waals surface area contributed by atoms with Crippen molar-refractivity contribution in [1.82, 2.24) is 0 Å². The van der Waals surface area contributed by atoms with E-state index in [-0.39, 0.29) is 54.1 Å². The molecule has 0 aromatic heterocycles. The molecule has 0 aromatic rings. The van der Waals surface area contributed by atoms with Crippen molar-refractivity contribution in [1.29, 1.82) is 0 Å². The molecule has 32 unspecified atom stereocenters. The Hall–Kier alpha value is -1.18. The molecule has 75 heavy (non-hydrogen) atoms. The van der Waals surface area contributed by atoms with E-state index in [4.69, 9.17) is 47.4 Å². The lowest BCUT2D eigenvalue weighted by Gasteiger charge is -2.60. The number of hydrogen-bond acceptors (Lipinski definition) is 23. The maximum atomic E-state index is 12.4. The lowest BCUT2D eigenvalue weighted by atomic mass is 9.46. The number of methoxy groups -OCH3 is 1. The highest BCUT2D eigenvalue weighted by Gasteiger charge is 2.69. The third-order valence-corrected chi connectivity index (χ3v) is 19.9. The van der Waals surface area contributed by atoms with E-state index in [1.54, 1.807) is 7.11 Å². The van der Waals surface area contributed by atoms with Crippen LogP contribution in [0.2, 0.25) is 0 Å². The molecule has 8 fully saturated rings. The van der Waals surface area contributed by atoms with Crippen LogP contribution in [0.5, 0.6) is 0 Å². The molecule has 23 heteroatoms. The molecule has 5 saturated heterocycles. The summed E-state index contributed by atoms with van der Waals surface area (Å²) < 4.78 is 61.2. The quantitative estimate of drug-likeness (QED) is 0.0764. The third kappa shape index (κ3) is 10.2. The van der Waals surface area contributed by atoms with Crippen LogP contribution in [0.15, 0.2) is 11.6 Å². The third-order valence-electron chi connectivity index (χ3n) is 19.9. The van der Waals surface area contributed by atoms with Gasteiger partial charge >= 0.3 is 0 Å². The fourth-order valence-electron chi connectivity index (χ4n) is 15.3. The lowest BCUT2D eigenvalue weighted by molar-refractivity contribution is -0.389. The van der Waals surface area contributed by atoms with Crippen LogP contribution >= 0.6 is 0 Å². The summed E-state index contributed by atoms with van der Waals surface area (Å²) in [5.41, 5.74) is 0.361. The van der Waals surface area contributed by atoms with Gasteiger partial charge in [-0.25, -0.2) is 0 Å². The van der Waals surface area contributed by atoms with E-state index in [9.17, 15) is 66.4 Å². The Kier molecular flexibility index (Phi) is 17.6. The van der Waals surface area contributed by atoms with Crippen LogP contribution < -0.4 is 0 Å². The molecule has 3 saturated carbocycles. The molecule has 0 radical (unpaired) electrons. The average Bonchev–Trinajstić information content (AvgIpc) is 3.85. The Morgan fingerprint density at radius 3 is 1.85 bits per heavy atom. The van der Waals surface area contributed by atoms with Gasteiger partial charge in [0, 0.05) is 31.3 Å². The predicted molar refractivity (Wildman–Crippen MR) is 255 cm³/mol. The first-order valence-electron chi connectivity index (χ1n) is 27.3. The van der Waals surface area contributed by atoms with Crippen molar-refractivity contribution in [2.75, 3.05) is 26.9 Å². The van der Waals surface area contributed by atoms with Crippen LogP contribution in [0.25, 0.3) is 0 Å². The van der Waals surface area contributed by atoms with Gasteiger partial charge in [-0.3, -0.25) is 0 Å². The molecule has 9 aliphatic rings. The van der Waals surface area contributed by atoms with Crippen LogP contribution in [0.1, 0.15) is 92.9 Å². The molecule has 13 N–H and O–H groups in total. The van der Waals surface area contributed by atoms with Gasteiger partial charge in [-0.1, -0.05) is 39.3 Å². The fourth-order valence-corrected chi connectivity index (χ4v) is 15.3. The van der Waals surface area contributed by atoms with E-state index in [0.29, 0.717) is 25.2 Å². The van der Waals surface area contributed by atoms with Crippen LogP contribution in [0, 0.1) is 46.3 Å². The zero-order chi connectivity index (χ0) is 54.4. The molecule has 5 aliphatic heterocycles. The van der Waals surface area contributed by atoms with Crippen LogP contribution in [-0.4, -0.2) is 240 Å². The van der Waals surface area contributed by atoms with Gasteiger partial charge < -0.3 is 114 Å². The summed E-state index contributed by atoms with van der Waals surface area (Å²) in [6, 6.07) is 0. The second-order valence-corrected chi connectivity index (χ2v) is 24.1. The number of hydrogen-bond donors (Lipinski definition) is 13. The summed E-state index contributed by atoms with van der Waals surface area (Å²) in [5.74, 6) is 0.115. The van der Waals surface area contributed by atoms with Crippen LogP contribution in [-0.2, 0) is 47.4 Å². The molecular formula is C52H86O23. The zero-order valence-corrected chi connectivity index (χ0v) is 44.0. The first-order valence-corrected chi connectivity index (χ1v) is 27.3. The van der Waals surface area contributed by atoms with Gasteiger partial charge in [0.1, 0.15) is 85.5 Å². The monoisotopic (exact) mass is 1080 g/mol. The molecule has 4 aliphatic carbocycles. The van der Waals surface area contributed by atoms with Crippen molar-refractivity contribution in [3.05, 3.63) is 11.6 Å². The maximum Gasteiger partial charge on any atom is 0.187 e. The molecule has 23 nitrogen and oxygen atoms in total. The molecule has 0 bridgehead atoms. The predicted octanol–water partition coefficient (Wildman–Crippen LogP) is -2.35. The molecular weight excluding hydrogens is 993 g/mol. The summed E-state index contributed by atoms with van der Waals surface area (Å²) >= 11 is 0. The van der Waals surface area contributed by atoms with Gasteiger partial charge in [0.25, 0.3) is 0 Å². The van der Waals surface area contributed by atoms with E-state index >= 15 is 0 Å². The highest BCUT2D eigenvalue weighted by Crippen LogP contribution is 2.70. The van der Waals surface area contributed by atoms with Gasteiger partial charge in [-0.15, -0.1) is 0 Å². The Morgan fingerprint density at radius 1 is 0.653 bits per heavy atom. The Balaban J connectivity index is 0.868. The minimum Gasteiger partial charge on any atom is -0.394 e. The Morgan fingerprint density at radius 2 is 1.24 bits per heavy atom. The number of aliphatic hydroxyl groups is 13. The van der Waals surface area contributed by atoms with Crippen molar-refractivity contribution in [3.63, 3.8) is 0 Å². The molecule has 0 spiro atoms. The number of ether oxygens (including phenoxy) is 10. The van der Waals surface area contributed by atoms with Gasteiger partial charge in [-0.2, -0.15) is 0 Å². The van der Waals surface area contributed by atoms with Crippen LogP contribution in [0.3, 0.4) is 0 Å². The van der Waals surface area contributed by atoms with Gasteiger partial charge in [0.2, 0.25) is 0 Å². The second kappa shape index (κ2) is 22.6. The fraction of sp³-hybridized carbons (Fsp3) is 0.962. The van der Waals surface area contributed by atoms with Crippen LogP contribution in [0.4, 0.5) is 0 Å². The number of fused-ring (bicyclic) bond motifs is 7. The van der Waals surface area contributed by atoms with Gasteiger partial charge in [0.05, 0.1) is 50.3 Å². The summed E-state index contributed by atoms with van der Waals surface area (Å²) in [7, 11) is 1.69. The van der Waals surface area contributed by atoms with Crippen molar-refractivity contribution < 1.29 is 114 Å². The van der Waals surface area contributed by atoms with Gasteiger partial charge in [0.15, 0.2) is 30.9 Å². The number of allylic oxidation sites excluding steroid dienone is 1. The maximum absolute atomic E-state index is 12.4. The lowest BCUT2D eigenvalue weighted by Crippen LogP contribution is -2.66. The highest BCUT2D eigenvalue weighted by molar-refractivity contribution is 5.28. The van der Waals surface area contributed by atoms with E-state index in [0.717, 1.165) is 31.3 Å². The molecule has 9 rings (SSSR count). The van der Waals surface area contributed by atoms with E-state index in [1.807, 2.05) is 6.92 Å². The summed E-state index contributed by atoms with van der Waals surface area (Å²) in [5, 5.41) is 139. The second-order valence-electron chi connectivity index (χ2n) is 24.1. The molecule has 5 heterocycles. The molecule has 432 valence electrons. The Labute approximate surface area is 437 Å². The largest absolute Gasteiger partial charge is 0.394 e. The van der Waals surface area contributed by atoms with E-state index in [2.05, 4.69) is 26.8 Å². The number of rotatable bonds is 15. The topological polar surface area (TPSA) is 355 Å². The first-order chi connectivity index (χ1) is 35.4. The van der Waals surface area contributed by atoms with Crippen molar-refractivity contribution in [3.8, 4) is 0 Å². The smallest absolute Gasteiger partial charge is 0.187 e. The first kappa shape index (κ1) is 58.5. The molecule has 32 atom stereocenters. The minimum absolute atomic E-state index is 0.0218. The summed E-state index contributed by atoms with van der Waals surface area (Å²) in [6.45, 7) is 10.6. The van der Waals surface area contributed by atoms with E-state index < -0.39 is 159 Å². The van der Waals surface area contributed by atoms with Gasteiger partial charge in [-0.05, 0) is 87.4 Å². The number of aliphatic hydroxyl groups excluding tert-OH is 13. The van der Waals surface area contributed by atoms with Crippen molar-refractivity contribution >= 4 is 0 Å². The highest BCUT2D eigenvalue weighted by atomic mass is 16.8. The Bertz CT molecular complexity index is 1950. The van der Waals surface area contributed by atoms with E-state index in [1.165, 1.54) is 13.8 Å². The standard InChI is InChI=1S/C52H86O23/c1-20(19-67-46-40(62)39(61)36(58)30(17-53)71-46)10-13-52(66-7)21(2)33-29(75-52)16-28-26-9-8-24-14-25(15-32(55)51(24,6)27(26)11-12-50(28,33)5)70-49-45(74-48-42(64)38(60)35(57)23(4)69-48)43(65)44(31(18-54)72-49)73-47-41(63)37(59)34(56)22(3)68-47/h8,20-23,25-49,53-65H,9-19H2,1-7H3. The van der Waals surface area contributed by atoms with Crippen molar-refractivity contribution in [2.45, 2.75) is 240 Å². The SMILES string of the molecule is COC1(CCC(C)COC2OC(CO)C(O)C(O)C2O)OC2CC3C4CC=C5CC(OC6OC(CO)C(OC7OC(C)C(O)C(O)C7O)C(O)C6OC6OC(C)C(O)C(O)C6O)CC(O)C5(C)C4CCC3(C)C2C1C. The molecule has 0 aromatic carbocycles. The van der Waals surface area contributed by atoms with Crippen molar-refractivity contribution in [2.24, 2.45) is 46.3 Å². The zero-order valence-electron chi connectivity index (χ0n) is 44.0. The normalized spacial score (nSPS) is 55.3. The summed E-state index contributed by atoms with van der Waals surface area (Å²) in [6.07, 6.45) is -23.6. The molecule has 0 amide bonds. The minimum atomic E-state index is -1.79. The average molecular weight is 1080 g/mol. The summed E-state index contributed by atoms with van der Waals surface area (Å²) in [4.78, 5) is 0.